The van der Waals surface area contributed by atoms with Gasteiger partial charge in [-0.2, -0.15) is 4.31 Å². The summed E-state index contributed by atoms with van der Waals surface area (Å²) in [6.07, 6.45) is 0. The number of benzene rings is 1. The van der Waals surface area contributed by atoms with Gasteiger partial charge in [0.25, 0.3) is 0 Å². The van der Waals surface area contributed by atoms with Crippen LogP contribution in [0.15, 0.2) is 23.1 Å². The zero-order valence-corrected chi connectivity index (χ0v) is 16.2. The summed E-state index contributed by atoms with van der Waals surface area (Å²) in [4.78, 5) is 11.3. The summed E-state index contributed by atoms with van der Waals surface area (Å²) in [6.45, 7) is 7.45. The highest BCUT2D eigenvalue weighted by Crippen LogP contribution is 2.44. The number of ether oxygens (including phenoxy) is 2. The second-order valence-corrected chi connectivity index (χ2v) is 9.50. The molecule has 0 spiro atoms. The SMILES string of the molecule is CCOC(=O)[C@@]1(C)S[C@@H](C)CN1S(=O)(=O)c1ccc(OC)c(C)c1. The molecule has 2 atom stereocenters. The highest BCUT2D eigenvalue weighted by molar-refractivity contribution is 8.03. The molecule has 0 saturated carbocycles. The molecule has 0 radical (unpaired) electrons. The summed E-state index contributed by atoms with van der Waals surface area (Å²) in [5.41, 5.74) is 0.719. The van der Waals surface area contributed by atoms with E-state index in [0.717, 1.165) is 5.56 Å². The highest BCUT2D eigenvalue weighted by Gasteiger charge is 2.54. The van der Waals surface area contributed by atoms with Crippen LogP contribution in [0.5, 0.6) is 5.75 Å². The van der Waals surface area contributed by atoms with Crippen LogP contribution in [0.4, 0.5) is 0 Å². The van der Waals surface area contributed by atoms with Crippen LogP contribution >= 0.6 is 11.8 Å². The van der Waals surface area contributed by atoms with Crippen LogP contribution in [0.25, 0.3) is 0 Å². The van der Waals surface area contributed by atoms with Gasteiger partial charge in [0.1, 0.15) is 5.75 Å². The molecule has 0 aliphatic carbocycles. The van der Waals surface area contributed by atoms with Crippen molar-refractivity contribution in [2.45, 2.75) is 42.7 Å². The van der Waals surface area contributed by atoms with Gasteiger partial charge in [-0.05, 0) is 44.5 Å². The zero-order chi connectivity index (χ0) is 18.1. The van der Waals surface area contributed by atoms with Crippen molar-refractivity contribution in [2.24, 2.45) is 0 Å². The van der Waals surface area contributed by atoms with Crippen LogP contribution in [0, 0.1) is 6.92 Å². The Bertz CT molecular complexity index is 734. The number of methoxy groups -OCH3 is 1. The number of rotatable bonds is 5. The third-order valence-electron chi connectivity index (χ3n) is 3.94. The maximum Gasteiger partial charge on any atom is 0.337 e. The van der Waals surface area contributed by atoms with Gasteiger partial charge in [0.05, 0.1) is 18.6 Å². The summed E-state index contributed by atoms with van der Waals surface area (Å²) in [7, 11) is -2.30. The normalized spacial score (nSPS) is 24.8. The first-order valence-corrected chi connectivity index (χ1v) is 10.0. The lowest BCUT2D eigenvalue weighted by Crippen LogP contribution is -2.49. The van der Waals surface area contributed by atoms with Gasteiger partial charge in [-0.25, -0.2) is 13.2 Å². The van der Waals surface area contributed by atoms with Crippen molar-refractivity contribution in [2.75, 3.05) is 20.3 Å². The monoisotopic (exact) mass is 373 g/mol. The van der Waals surface area contributed by atoms with Crippen LogP contribution in [0.2, 0.25) is 0 Å². The molecule has 24 heavy (non-hydrogen) atoms. The molecule has 1 heterocycles. The molecule has 0 unspecified atom stereocenters. The van der Waals surface area contributed by atoms with Crippen LogP contribution < -0.4 is 4.74 Å². The van der Waals surface area contributed by atoms with E-state index in [1.165, 1.54) is 29.2 Å². The molecule has 134 valence electrons. The zero-order valence-electron chi connectivity index (χ0n) is 14.5. The minimum Gasteiger partial charge on any atom is -0.496 e. The van der Waals surface area contributed by atoms with E-state index in [9.17, 15) is 13.2 Å². The Morgan fingerprint density at radius 2 is 2.12 bits per heavy atom. The Morgan fingerprint density at radius 1 is 1.46 bits per heavy atom. The molecular weight excluding hydrogens is 350 g/mol. The molecule has 0 bridgehead atoms. The minimum absolute atomic E-state index is 0.00599. The topological polar surface area (TPSA) is 72.9 Å². The van der Waals surface area contributed by atoms with E-state index < -0.39 is 20.9 Å². The van der Waals surface area contributed by atoms with E-state index in [4.69, 9.17) is 9.47 Å². The van der Waals surface area contributed by atoms with E-state index in [-0.39, 0.29) is 23.3 Å². The van der Waals surface area contributed by atoms with E-state index >= 15 is 0 Å². The third kappa shape index (κ3) is 3.27. The first-order chi connectivity index (χ1) is 11.2. The third-order valence-corrected chi connectivity index (χ3v) is 7.40. The van der Waals surface area contributed by atoms with Gasteiger partial charge >= 0.3 is 5.97 Å². The summed E-state index contributed by atoms with van der Waals surface area (Å²) >= 11 is 1.30. The molecule has 8 heteroatoms. The van der Waals surface area contributed by atoms with Crippen molar-refractivity contribution < 1.29 is 22.7 Å². The fourth-order valence-corrected chi connectivity index (χ4v) is 6.42. The van der Waals surface area contributed by atoms with Gasteiger partial charge in [0.2, 0.25) is 10.0 Å². The molecule has 1 aromatic carbocycles. The Kier molecular flexibility index (Phi) is 5.51. The molecule has 0 amide bonds. The highest BCUT2D eigenvalue weighted by atomic mass is 32.2. The average molecular weight is 373 g/mol. The maximum atomic E-state index is 13.1. The van der Waals surface area contributed by atoms with Gasteiger partial charge in [-0.15, -0.1) is 11.8 Å². The Labute approximate surface area is 147 Å². The molecule has 1 aliphatic heterocycles. The molecule has 0 N–H and O–H groups in total. The number of thioether (sulfide) groups is 1. The quantitative estimate of drug-likeness (QED) is 0.738. The molecule has 1 aliphatic rings. The van der Waals surface area contributed by atoms with E-state index in [1.807, 2.05) is 6.92 Å². The fourth-order valence-electron chi connectivity index (χ4n) is 2.78. The first-order valence-electron chi connectivity index (χ1n) is 7.69. The van der Waals surface area contributed by atoms with Crippen LogP contribution in [-0.2, 0) is 19.6 Å². The van der Waals surface area contributed by atoms with Crippen molar-refractivity contribution in [3.8, 4) is 5.75 Å². The van der Waals surface area contributed by atoms with Gasteiger partial charge in [-0.1, -0.05) is 6.92 Å². The van der Waals surface area contributed by atoms with E-state index in [2.05, 4.69) is 0 Å². The van der Waals surface area contributed by atoms with E-state index in [1.54, 1.807) is 32.9 Å². The minimum atomic E-state index is -3.83. The second-order valence-electron chi connectivity index (χ2n) is 5.80. The number of carbonyl (C=O) groups is 1. The summed E-state index contributed by atoms with van der Waals surface area (Å²) in [5, 5.41) is -0.00599. The number of nitrogens with zero attached hydrogens (tertiary/aromatic N) is 1. The fraction of sp³-hybridized carbons (Fsp3) is 0.562. The van der Waals surface area contributed by atoms with Gasteiger partial charge in [0, 0.05) is 11.8 Å². The molecule has 6 nitrogen and oxygen atoms in total. The van der Waals surface area contributed by atoms with Crippen molar-refractivity contribution in [3.63, 3.8) is 0 Å². The van der Waals surface area contributed by atoms with Gasteiger partial charge in [0.15, 0.2) is 4.87 Å². The summed E-state index contributed by atoms with van der Waals surface area (Å²) in [6, 6.07) is 4.68. The molecular formula is C16H23NO5S2. The number of carbonyl (C=O) groups excluding carboxylic acids is 1. The maximum absolute atomic E-state index is 13.1. The molecule has 1 aromatic rings. The number of hydrogen-bond donors (Lipinski definition) is 0. The summed E-state index contributed by atoms with van der Waals surface area (Å²) in [5.74, 6) is 0.0828. The first kappa shape index (κ1) is 19.1. The Balaban J connectivity index is 2.46. The van der Waals surface area contributed by atoms with Crippen LogP contribution in [-0.4, -0.2) is 49.1 Å². The molecule has 1 fully saturated rings. The lowest BCUT2D eigenvalue weighted by molar-refractivity contribution is -0.148. The Morgan fingerprint density at radius 3 is 2.67 bits per heavy atom. The Hall–Kier alpha value is -1.25. The predicted octanol–water partition coefficient (Wildman–Crippen LogP) is 2.41. The standard InChI is InChI=1S/C16H23NO5S2/c1-6-22-15(18)16(4)17(10-12(3)23-16)24(19,20)13-7-8-14(21-5)11(2)9-13/h7-9,12H,6,10H2,1-5H3/t12-,16+/m0/s1. The van der Waals surface area contributed by atoms with Crippen molar-refractivity contribution in [1.82, 2.24) is 4.31 Å². The number of sulfonamides is 1. The summed E-state index contributed by atoms with van der Waals surface area (Å²) < 4.78 is 37.8. The van der Waals surface area contributed by atoms with Crippen LogP contribution in [0.3, 0.4) is 0 Å². The smallest absolute Gasteiger partial charge is 0.337 e. The number of hydrogen-bond acceptors (Lipinski definition) is 6. The van der Waals surface area contributed by atoms with Crippen molar-refractivity contribution in [3.05, 3.63) is 23.8 Å². The van der Waals surface area contributed by atoms with Gasteiger partial charge in [-0.3, -0.25) is 0 Å². The molecule has 2 rings (SSSR count). The van der Waals surface area contributed by atoms with Crippen LogP contribution in [0.1, 0.15) is 26.3 Å². The lowest BCUT2D eigenvalue weighted by atomic mass is 10.2. The lowest BCUT2D eigenvalue weighted by Gasteiger charge is -2.30. The number of aryl methyl sites for hydroxylation is 1. The largest absolute Gasteiger partial charge is 0.496 e. The van der Waals surface area contributed by atoms with E-state index in [0.29, 0.717) is 5.75 Å². The predicted molar refractivity (Wildman–Crippen MR) is 93.7 cm³/mol. The van der Waals surface area contributed by atoms with Gasteiger partial charge < -0.3 is 9.47 Å². The molecule has 0 aromatic heterocycles. The second kappa shape index (κ2) is 6.93. The average Bonchev–Trinajstić information content (AvgIpc) is 2.84. The van der Waals surface area contributed by atoms with Crippen molar-refractivity contribution >= 4 is 27.8 Å². The number of esters is 1. The molecule has 1 saturated heterocycles. The van der Waals surface area contributed by atoms with Crippen molar-refractivity contribution in [1.29, 1.82) is 0 Å².